The zero-order chi connectivity index (χ0) is 15.4. The van der Waals surface area contributed by atoms with Crippen LogP contribution in [0.1, 0.15) is 11.1 Å². The van der Waals surface area contributed by atoms with Crippen molar-refractivity contribution >= 4 is 12.6 Å². The van der Waals surface area contributed by atoms with Crippen LogP contribution in [0.2, 0.25) is 0 Å². The molecule has 6 heteroatoms. The molecule has 0 aliphatic heterocycles. The van der Waals surface area contributed by atoms with Crippen molar-refractivity contribution in [3.05, 3.63) is 53.3 Å². The van der Waals surface area contributed by atoms with Gasteiger partial charge in [-0.15, -0.1) is 0 Å². The molecule has 110 valence electrons. The highest BCUT2D eigenvalue weighted by atomic mass is 19.1. The minimum Gasteiger partial charge on any atom is -0.497 e. The molecule has 0 fully saturated rings. The zero-order valence-corrected chi connectivity index (χ0v) is 11.8. The van der Waals surface area contributed by atoms with Gasteiger partial charge in [-0.2, -0.15) is 0 Å². The summed E-state index contributed by atoms with van der Waals surface area (Å²) < 4.78 is 23.9. The summed E-state index contributed by atoms with van der Waals surface area (Å²) in [7, 11) is -0.0886. The van der Waals surface area contributed by atoms with Gasteiger partial charge in [0.15, 0.2) is 0 Å². The number of benzene rings is 2. The Morgan fingerprint density at radius 3 is 2.57 bits per heavy atom. The molecule has 0 aliphatic carbocycles. The highest BCUT2D eigenvalue weighted by Gasteiger charge is 2.17. The minimum absolute atomic E-state index is 0.0778. The Kier molecular flexibility index (Phi) is 4.83. The molecular weight excluding hydrogens is 274 g/mol. The molecule has 0 radical (unpaired) electrons. The van der Waals surface area contributed by atoms with Gasteiger partial charge in [0.25, 0.3) is 0 Å². The van der Waals surface area contributed by atoms with Crippen molar-refractivity contribution < 1.29 is 23.9 Å². The number of hydrogen-bond donors (Lipinski definition) is 2. The summed E-state index contributed by atoms with van der Waals surface area (Å²) in [4.78, 5) is 0. The van der Waals surface area contributed by atoms with E-state index in [2.05, 4.69) is 0 Å². The molecule has 21 heavy (non-hydrogen) atoms. The van der Waals surface area contributed by atoms with E-state index in [0.29, 0.717) is 22.5 Å². The number of ether oxygens (including phenoxy) is 2. The molecule has 2 rings (SSSR count). The lowest BCUT2D eigenvalue weighted by molar-refractivity contribution is 0.301. The van der Waals surface area contributed by atoms with Crippen molar-refractivity contribution in [1.82, 2.24) is 0 Å². The van der Waals surface area contributed by atoms with Crippen LogP contribution in [0.5, 0.6) is 11.5 Å². The van der Waals surface area contributed by atoms with E-state index in [9.17, 15) is 14.4 Å². The Morgan fingerprint density at radius 2 is 1.90 bits per heavy atom. The summed E-state index contributed by atoms with van der Waals surface area (Å²) in [6.45, 7) is 1.89. The molecule has 4 nitrogen and oxygen atoms in total. The van der Waals surface area contributed by atoms with Gasteiger partial charge >= 0.3 is 7.12 Å². The van der Waals surface area contributed by atoms with Crippen LogP contribution in [0.15, 0.2) is 36.4 Å². The number of halogens is 1. The molecule has 0 atom stereocenters. The lowest BCUT2D eigenvalue weighted by Gasteiger charge is -2.13. The maximum absolute atomic E-state index is 13.2. The number of rotatable bonds is 5. The van der Waals surface area contributed by atoms with Gasteiger partial charge in [-0.05, 0) is 41.7 Å². The molecule has 0 amide bonds. The second-order valence-corrected chi connectivity index (χ2v) is 4.64. The second kappa shape index (κ2) is 6.60. The van der Waals surface area contributed by atoms with Crippen molar-refractivity contribution in [2.24, 2.45) is 0 Å². The number of hydrogen-bond acceptors (Lipinski definition) is 4. The molecule has 2 aromatic rings. The summed E-state index contributed by atoms with van der Waals surface area (Å²) in [5.74, 6) is 0.605. The first-order valence-electron chi connectivity index (χ1n) is 6.43. The topological polar surface area (TPSA) is 58.9 Å². The first-order valence-corrected chi connectivity index (χ1v) is 6.43. The third-order valence-electron chi connectivity index (χ3n) is 3.16. The van der Waals surface area contributed by atoms with Crippen LogP contribution in [0.4, 0.5) is 4.39 Å². The van der Waals surface area contributed by atoms with Gasteiger partial charge in [-0.3, -0.25) is 0 Å². The van der Waals surface area contributed by atoms with E-state index in [-0.39, 0.29) is 12.4 Å². The van der Waals surface area contributed by atoms with Gasteiger partial charge in [-0.25, -0.2) is 4.39 Å². The molecule has 0 spiro atoms. The molecule has 0 aliphatic rings. The van der Waals surface area contributed by atoms with Crippen LogP contribution in [0, 0.1) is 12.7 Å². The third kappa shape index (κ3) is 3.74. The van der Waals surface area contributed by atoms with Crippen molar-refractivity contribution in [3.8, 4) is 11.5 Å². The normalized spacial score (nSPS) is 10.3. The first kappa shape index (κ1) is 15.3. The average Bonchev–Trinajstić information content (AvgIpc) is 2.47. The van der Waals surface area contributed by atoms with E-state index in [1.807, 2.05) is 6.92 Å². The van der Waals surface area contributed by atoms with Crippen LogP contribution in [0.3, 0.4) is 0 Å². The van der Waals surface area contributed by atoms with E-state index in [1.54, 1.807) is 24.3 Å². The molecular formula is C15H16BFO4. The second-order valence-electron chi connectivity index (χ2n) is 4.64. The highest BCUT2D eigenvalue weighted by molar-refractivity contribution is 6.59. The fourth-order valence-corrected chi connectivity index (χ4v) is 1.97. The highest BCUT2D eigenvalue weighted by Crippen LogP contribution is 2.21. The molecule has 2 N–H and O–H groups in total. The molecule has 0 saturated carbocycles. The lowest BCUT2D eigenvalue weighted by atomic mass is 9.77. The van der Waals surface area contributed by atoms with Gasteiger partial charge in [0.1, 0.15) is 23.9 Å². The smallest absolute Gasteiger partial charge is 0.488 e. The lowest BCUT2D eigenvalue weighted by Crippen LogP contribution is -2.33. The standard InChI is InChI=1S/C15H16BFO4/c1-10-3-4-12(17)8-15(10)21-9-11-7-13(20-2)5-6-14(11)16(18)19/h3-8,18-19H,9H2,1-2H3. The van der Waals surface area contributed by atoms with Crippen LogP contribution >= 0.6 is 0 Å². The van der Waals surface area contributed by atoms with Gasteiger partial charge < -0.3 is 19.5 Å². The minimum atomic E-state index is -1.61. The fraction of sp³-hybridized carbons (Fsp3) is 0.200. The summed E-state index contributed by atoms with van der Waals surface area (Å²) in [5.41, 5.74) is 1.68. The van der Waals surface area contributed by atoms with E-state index in [0.717, 1.165) is 5.56 Å². The Bertz CT molecular complexity index is 631. The summed E-state index contributed by atoms with van der Waals surface area (Å²) in [6.07, 6.45) is 0. The largest absolute Gasteiger partial charge is 0.497 e. The molecule has 0 heterocycles. The van der Waals surface area contributed by atoms with Crippen LogP contribution in [-0.2, 0) is 6.61 Å². The molecule has 0 aromatic heterocycles. The zero-order valence-electron chi connectivity index (χ0n) is 11.8. The maximum Gasteiger partial charge on any atom is 0.488 e. The Morgan fingerprint density at radius 1 is 1.14 bits per heavy atom. The number of aryl methyl sites for hydroxylation is 1. The Labute approximate surface area is 122 Å². The Balaban J connectivity index is 2.24. The first-order chi connectivity index (χ1) is 10.0. The number of methoxy groups -OCH3 is 1. The van der Waals surface area contributed by atoms with E-state index in [1.165, 1.54) is 19.2 Å². The van der Waals surface area contributed by atoms with Gasteiger partial charge in [0, 0.05) is 6.07 Å². The van der Waals surface area contributed by atoms with Crippen molar-refractivity contribution in [3.63, 3.8) is 0 Å². The molecule has 0 unspecified atom stereocenters. The summed E-state index contributed by atoms with van der Waals surface area (Å²) in [6, 6.07) is 9.12. The van der Waals surface area contributed by atoms with Crippen LogP contribution in [-0.4, -0.2) is 24.3 Å². The van der Waals surface area contributed by atoms with Gasteiger partial charge in [0.2, 0.25) is 0 Å². The van der Waals surface area contributed by atoms with Crippen LogP contribution < -0.4 is 14.9 Å². The van der Waals surface area contributed by atoms with E-state index in [4.69, 9.17) is 9.47 Å². The Hall–Kier alpha value is -2.05. The monoisotopic (exact) mass is 290 g/mol. The van der Waals surface area contributed by atoms with Crippen molar-refractivity contribution in [2.75, 3.05) is 7.11 Å². The van der Waals surface area contributed by atoms with E-state index < -0.39 is 7.12 Å². The maximum atomic E-state index is 13.2. The average molecular weight is 290 g/mol. The van der Waals surface area contributed by atoms with Crippen molar-refractivity contribution in [2.45, 2.75) is 13.5 Å². The van der Waals surface area contributed by atoms with Crippen LogP contribution in [0.25, 0.3) is 0 Å². The molecule has 2 aromatic carbocycles. The third-order valence-corrected chi connectivity index (χ3v) is 3.16. The SMILES string of the molecule is COc1ccc(B(O)O)c(COc2cc(F)ccc2C)c1. The molecule has 0 saturated heterocycles. The van der Waals surface area contributed by atoms with Crippen molar-refractivity contribution in [1.29, 1.82) is 0 Å². The van der Waals surface area contributed by atoms with Gasteiger partial charge in [-0.1, -0.05) is 12.1 Å². The van der Waals surface area contributed by atoms with Gasteiger partial charge in [0.05, 0.1) is 7.11 Å². The fourth-order valence-electron chi connectivity index (χ4n) is 1.97. The summed E-state index contributed by atoms with van der Waals surface area (Å²) >= 11 is 0. The predicted molar refractivity (Wildman–Crippen MR) is 78.3 cm³/mol. The molecule has 0 bridgehead atoms. The summed E-state index contributed by atoms with van der Waals surface area (Å²) in [5, 5.41) is 18.7. The predicted octanol–water partition coefficient (Wildman–Crippen LogP) is 1.40. The van der Waals surface area contributed by atoms with E-state index >= 15 is 0 Å². The quantitative estimate of drug-likeness (QED) is 0.817.